The molecule has 2 aromatic heterocycles. The summed E-state index contributed by atoms with van der Waals surface area (Å²) in [5, 5.41) is 13.1. The zero-order chi connectivity index (χ0) is 28.8. The van der Waals surface area contributed by atoms with Crippen LogP contribution in [0.15, 0.2) is 18.6 Å². The van der Waals surface area contributed by atoms with E-state index in [1.54, 1.807) is 0 Å². The van der Waals surface area contributed by atoms with Gasteiger partial charge in [-0.1, -0.05) is 23.2 Å². The van der Waals surface area contributed by atoms with Crippen LogP contribution in [-0.2, 0) is 15.7 Å². The highest BCUT2D eigenvalue weighted by atomic mass is 35.5. The molecule has 0 atom stereocenters. The molecule has 0 aromatic carbocycles. The van der Waals surface area contributed by atoms with Gasteiger partial charge < -0.3 is 14.7 Å². The standard InChI is InChI=1S/C26H27Cl2F3N4O5/c27-18-10-32-11-19(28)21(18)20(36)12-34(13-25-7-5-16(40-25)6-8-25)23(37)17-9-33-35(22(17)26(29,30)31)15-3-1-14(2-4-15)24(38)39/h9-11,14-16H,1-8,12-13H2,(H,38,39)/t14?,15?,16-,25-. The van der Waals surface area contributed by atoms with Crippen molar-refractivity contribution in [1.29, 1.82) is 0 Å². The Bertz CT molecular complexity index is 1300. The minimum absolute atomic E-state index is 0.0196. The number of aliphatic carboxylic acids is 1. The van der Waals surface area contributed by atoms with Crippen molar-refractivity contribution in [1.82, 2.24) is 19.7 Å². The lowest BCUT2D eigenvalue weighted by atomic mass is 9.86. The van der Waals surface area contributed by atoms with Crippen molar-refractivity contribution in [3.8, 4) is 0 Å². The molecule has 3 aliphatic rings. The van der Waals surface area contributed by atoms with E-state index in [0.717, 1.165) is 28.6 Å². The maximum Gasteiger partial charge on any atom is 0.433 e. The number of carboxylic acid groups (broad SMARTS) is 1. The molecule has 2 aromatic rings. The van der Waals surface area contributed by atoms with Gasteiger partial charge in [-0.25, -0.2) is 0 Å². The lowest BCUT2D eigenvalue weighted by Crippen LogP contribution is -2.46. The maximum atomic E-state index is 14.5. The normalized spacial score (nSPS) is 26.2. The predicted octanol–water partition coefficient (Wildman–Crippen LogP) is 5.46. The number of hydrogen-bond acceptors (Lipinski definition) is 6. The van der Waals surface area contributed by atoms with Gasteiger partial charge in [0, 0.05) is 12.4 Å². The van der Waals surface area contributed by atoms with E-state index in [-0.39, 0.29) is 53.9 Å². The summed E-state index contributed by atoms with van der Waals surface area (Å²) in [6, 6.07) is -0.717. The third kappa shape index (κ3) is 5.58. The molecule has 0 radical (unpaired) electrons. The fourth-order valence-electron chi connectivity index (χ4n) is 6.20. The van der Waals surface area contributed by atoms with Crippen molar-refractivity contribution >= 4 is 40.9 Å². The van der Waals surface area contributed by atoms with E-state index in [0.29, 0.717) is 12.8 Å². The van der Waals surface area contributed by atoms with Crippen LogP contribution in [0, 0.1) is 5.92 Å². The number of halogens is 5. The number of aromatic nitrogens is 3. The molecule has 0 spiro atoms. The van der Waals surface area contributed by atoms with Crippen LogP contribution in [0.2, 0.25) is 10.0 Å². The van der Waals surface area contributed by atoms with Gasteiger partial charge in [0.2, 0.25) is 0 Å². The Morgan fingerprint density at radius 2 is 1.68 bits per heavy atom. The van der Waals surface area contributed by atoms with E-state index in [1.165, 1.54) is 12.4 Å². The molecule has 14 heteroatoms. The number of nitrogens with zero attached hydrogens (tertiary/aromatic N) is 4. The van der Waals surface area contributed by atoms with Crippen LogP contribution in [0.5, 0.6) is 0 Å². The zero-order valence-electron chi connectivity index (χ0n) is 21.3. The molecule has 1 amide bonds. The Labute approximate surface area is 237 Å². The van der Waals surface area contributed by atoms with Gasteiger partial charge >= 0.3 is 12.1 Å². The number of Topliss-reactive ketones (excluding diaryl/α,β-unsaturated/α-hetero) is 1. The quantitative estimate of drug-likeness (QED) is 0.399. The van der Waals surface area contributed by atoms with Gasteiger partial charge in [0.25, 0.3) is 5.91 Å². The third-order valence-corrected chi connectivity index (χ3v) is 8.75. The topological polar surface area (TPSA) is 115 Å². The first kappa shape index (κ1) is 28.8. The van der Waals surface area contributed by atoms with Gasteiger partial charge in [0.15, 0.2) is 11.5 Å². The van der Waals surface area contributed by atoms with Crippen LogP contribution in [0.3, 0.4) is 0 Å². The van der Waals surface area contributed by atoms with E-state index in [2.05, 4.69) is 10.1 Å². The van der Waals surface area contributed by atoms with Crippen molar-refractivity contribution in [3.63, 3.8) is 0 Å². The Morgan fingerprint density at radius 1 is 1.05 bits per heavy atom. The van der Waals surface area contributed by atoms with Crippen molar-refractivity contribution in [3.05, 3.63) is 45.5 Å². The van der Waals surface area contributed by atoms with E-state index < -0.39 is 59.2 Å². The SMILES string of the molecule is O=C(CN(C[C@]12CC[C@@H](CC1)O2)C(=O)c1cnn(C2CCC(C(=O)O)CC2)c1C(F)(F)F)c1c(Cl)cncc1Cl. The fourth-order valence-corrected chi connectivity index (χ4v) is 6.77. The molecule has 5 rings (SSSR count). The minimum atomic E-state index is -4.93. The van der Waals surface area contributed by atoms with Gasteiger partial charge in [0.05, 0.1) is 64.1 Å². The molecule has 4 heterocycles. The minimum Gasteiger partial charge on any atom is -0.481 e. The van der Waals surface area contributed by atoms with Crippen LogP contribution < -0.4 is 0 Å². The number of ether oxygens (including phenoxy) is 1. The van der Waals surface area contributed by atoms with Gasteiger partial charge in [-0.3, -0.25) is 24.0 Å². The Hall–Kier alpha value is -2.70. The second-order valence-corrected chi connectivity index (χ2v) is 11.6. The number of ketones is 1. The van der Waals surface area contributed by atoms with Crippen molar-refractivity contribution in [2.75, 3.05) is 13.1 Å². The Morgan fingerprint density at radius 3 is 2.20 bits per heavy atom. The average molecular weight is 603 g/mol. The molecule has 0 unspecified atom stereocenters. The van der Waals surface area contributed by atoms with Crippen molar-refractivity contribution in [2.45, 2.75) is 75.3 Å². The highest BCUT2D eigenvalue weighted by Gasteiger charge is 2.49. The fraction of sp³-hybridized carbons (Fsp3) is 0.577. The largest absolute Gasteiger partial charge is 0.481 e. The average Bonchev–Trinajstić information content (AvgIpc) is 3.62. The van der Waals surface area contributed by atoms with E-state index in [1.807, 2.05) is 0 Å². The Balaban J connectivity index is 1.48. The number of carbonyl (C=O) groups is 3. The summed E-state index contributed by atoms with van der Waals surface area (Å²) in [5.41, 5.74) is -2.73. The summed E-state index contributed by atoms with van der Waals surface area (Å²) in [6.07, 6.45) is 1.93. The first-order valence-corrected chi connectivity index (χ1v) is 13.8. The molecule has 40 heavy (non-hydrogen) atoms. The van der Waals surface area contributed by atoms with E-state index >= 15 is 0 Å². The lowest BCUT2D eigenvalue weighted by molar-refractivity contribution is -0.147. The summed E-state index contributed by atoms with van der Waals surface area (Å²) in [6.45, 7) is -0.662. The second kappa shape index (κ2) is 10.9. The summed E-state index contributed by atoms with van der Waals surface area (Å²) in [7, 11) is 0. The van der Waals surface area contributed by atoms with Crippen LogP contribution in [0.25, 0.3) is 0 Å². The molecule has 2 bridgehead atoms. The van der Waals surface area contributed by atoms with Crippen LogP contribution in [0.1, 0.15) is 83.8 Å². The molecule has 2 saturated heterocycles. The summed E-state index contributed by atoms with van der Waals surface area (Å²) < 4.78 is 50.2. The van der Waals surface area contributed by atoms with Crippen LogP contribution in [0.4, 0.5) is 13.2 Å². The molecule has 1 saturated carbocycles. The molecular weight excluding hydrogens is 576 g/mol. The number of carboxylic acids is 1. The van der Waals surface area contributed by atoms with Crippen LogP contribution in [-0.4, -0.2) is 67.2 Å². The Kier molecular flexibility index (Phi) is 7.88. The first-order chi connectivity index (χ1) is 18.9. The summed E-state index contributed by atoms with van der Waals surface area (Å²) in [5.74, 6) is -3.27. The number of amides is 1. The van der Waals surface area contributed by atoms with E-state index in [4.69, 9.17) is 27.9 Å². The molecule has 2 aliphatic heterocycles. The van der Waals surface area contributed by atoms with Crippen molar-refractivity contribution in [2.24, 2.45) is 5.92 Å². The zero-order valence-corrected chi connectivity index (χ0v) is 22.8. The number of carbonyl (C=O) groups excluding carboxylic acids is 2. The number of hydrogen-bond donors (Lipinski definition) is 1. The summed E-state index contributed by atoms with van der Waals surface area (Å²) >= 11 is 12.3. The molecular formula is C26H27Cl2F3N4O5. The molecule has 3 fully saturated rings. The molecule has 216 valence electrons. The van der Waals surface area contributed by atoms with Gasteiger partial charge in [-0.15, -0.1) is 0 Å². The van der Waals surface area contributed by atoms with Crippen LogP contribution >= 0.6 is 23.2 Å². The highest BCUT2D eigenvalue weighted by Crippen LogP contribution is 2.45. The smallest absolute Gasteiger partial charge is 0.433 e. The summed E-state index contributed by atoms with van der Waals surface area (Å²) in [4.78, 5) is 43.4. The lowest BCUT2D eigenvalue weighted by Gasteiger charge is -2.33. The molecule has 1 aliphatic carbocycles. The maximum absolute atomic E-state index is 14.5. The van der Waals surface area contributed by atoms with Gasteiger partial charge in [0.1, 0.15) is 0 Å². The predicted molar refractivity (Wildman–Crippen MR) is 136 cm³/mol. The number of fused-ring (bicyclic) bond motifs is 2. The van der Waals surface area contributed by atoms with Crippen molar-refractivity contribution < 1.29 is 37.4 Å². The van der Waals surface area contributed by atoms with Gasteiger partial charge in [-0.2, -0.15) is 18.3 Å². The number of rotatable bonds is 8. The highest BCUT2D eigenvalue weighted by molar-refractivity contribution is 6.39. The number of alkyl halides is 3. The van der Waals surface area contributed by atoms with Gasteiger partial charge in [-0.05, 0) is 51.4 Å². The van der Waals surface area contributed by atoms with E-state index in [9.17, 15) is 32.7 Å². The monoisotopic (exact) mass is 602 g/mol. The second-order valence-electron chi connectivity index (χ2n) is 10.8. The number of pyridine rings is 1. The third-order valence-electron chi connectivity index (χ3n) is 8.18. The molecule has 9 nitrogen and oxygen atoms in total. The first-order valence-electron chi connectivity index (χ1n) is 13.1. The molecule has 1 N–H and O–H groups in total.